The zero-order valence-corrected chi connectivity index (χ0v) is 11.4. The number of hydrogen-bond acceptors (Lipinski definition) is 3. The first-order valence-electron chi connectivity index (χ1n) is 6.92. The lowest BCUT2D eigenvalue weighted by Crippen LogP contribution is -2.43. The van der Waals surface area contributed by atoms with Crippen molar-refractivity contribution in [3.8, 4) is 0 Å². The van der Waals surface area contributed by atoms with Gasteiger partial charge in [0.15, 0.2) is 0 Å². The Labute approximate surface area is 110 Å². The third kappa shape index (κ3) is 3.79. The van der Waals surface area contributed by atoms with Crippen LogP contribution in [0.25, 0.3) is 0 Å². The zero-order chi connectivity index (χ0) is 13.0. The normalized spacial score (nSPS) is 28.3. The van der Waals surface area contributed by atoms with E-state index in [2.05, 4.69) is 23.3 Å². The van der Waals surface area contributed by atoms with E-state index < -0.39 is 5.60 Å². The summed E-state index contributed by atoms with van der Waals surface area (Å²) in [5, 5.41) is 13.8. The third-order valence-electron chi connectivity index (χ3n) is 3.94. The Bertz CT molecular complexity index is 367. The van der Waals surface area contributed by atoms with Crippen molar-refractivity contribution in [2.75, 3.05) is 6.54 Å². The van der Waals surface area contributed by atoms with Crippen LogP contribution in [-0.2, 0) is 6.54 Å². The molecule has 1 aliphatic rings. The molecule has 0 unspecified atom stereocenters. The van der Waals surface area contributed by atoms with Crippen LogP contribution in [0.3, 0.4) is 0 Å². The van der Waals surface area contributed by atoms with Crippen molar-refractivity contribution in [3.05, 3.63) is 29.6 Å². The number of rotatable bonds is 4. The number of aromatic nitrogens is 1. The molecule has 1 saturated carbocycles. The minimum absolute atomic E-state index is 0.503. The van der Waals surface area contributed by atoms with Crippen molar-refractivity contribution in [1.29, 1.82) is 0 Å². The van der Waals surface area contributed by atoms with E-state index in [1.165, 1.54) is 5.56 Å². The molecule has 1 aromatic heterocycles. The Morgan fingerprint density at radius 3 is 2.72 bits per heavy atom. The summed E-state index contributed by atoms with van der Waals surface area (Å²) in [7, 11) is 0. The minimum Gasteiger partial charge on any atom is -0.389 e. The maximum absolute atomic E-state index is 10.4. The van der Waals surface area contributed by atoms with E-state index in [0.29, 0.717) is 6.54 Å². The Hall–Kier alpha value is -0.930. The molecule has 1 aliphatic carbocycles. The van der Waals surface area contributed by atoms with Crippen molar-refractivity contribution in [3.63, 3.8) is 0 Å². The summed E-state index contributed by atoms with van der Waals surface area (Å²) in [4.78, 5) is 4.35. The van der Waals surface area contributed by atoms with E-state index >= 15 is 0 Å². The number of hydrogen-bond donors (Lipinski definition) is 2. The van der Waals surface area contributed by atoms with Gasteiger partial charge in [-0.3, -0.25) is 4.98 Å². The second kappa shape index (κ2) is 5.81. The average Bonchev–Trinajstić information content (AvgIpc) is 2.36. The molecular weight excluding hydrogens is 224 g/mol. The highest BCUT2D eigenvalue weighted by Crippen LogP contribution is 2.31. The van der Waals surface area contributed by atoms with Crippen molar-refractivity contribution >= 4 is 0 Å². The zero-order valence-electron chi connectivity index (χ0n) is 11.4. The van der Waals surface area contributed by atoms with Crippen molar-refractivity contribution in [2.45, 2.75) is 51.7 Å². The summed E-state index contributed by atoms with van der Waals surface area (Å²) in [5.74, 6) is 0.768. The fraction of sp³-hybridized carbons (Fsp3) is 0.667. The summed E-state index contributed by atoms with van der Waals surface area (Å²) in [6.45, 7) is 5.72. The van der Waals surface area contributed by atoms with Crippen LogP contribution in [0, 0.1) is 12.8 Å². The van der Waals surface area contributed by atoms with E-state index in [0.717, 1.165) is 43.8 Å². The predicted octanol–water partition coefficient (Wildman–Crippen LogP) is 2.42. The topological polar surface area (TPSA) is 45.1 Å². The monoisotopic (exact) mass is 248 g/mol. The van der Waals surface area contributed by atoms with Gasteiger partial charge in [-0.05, 0) is 50.2 Å². The molecule has 18 heavy (non-hydrogen) atoms. The van der Waals surface area contributed by atoms with Gasteiger partial charge in [-0.25, -0.2) is 0 Å². The first-order valence-corrected chi connectivity index (χ1v) is 6.92. The van der Waals surface area contributed by atoms with Crippen LogP contribution in [0.2, 0.25) is 0 Å². The molecule has 2 N–H and O–H groups in total. The number of nitrogens with one attached hydrogen (secondary N) is 1. The fourth-order valence-corrected chi connectivity index (χ4v) is 2.50. The van der Waals surface area contributed by atoms with Gasteiger partial charge in [0, 0.05) is 19.3 Å². The first-order chi connectivity index (χ1) is 8.57. The summed E-state index contributed by atoms with van der Waals surface area (Å²) < 4.78 is 0. The molecule has 0 aromatic carbocycles. The molecule has 1 aromatic rings. The smallest absolute Gasteiger partial charge is 0.0771 e. The number of nitrogens with zero attached hydrogens (tertiary/aromatic N) is 1. The predicted molar refractivity (Wildman–Crippen MR) is 73.3 cm³/mol. The van der Waals surface area contributed by atoms with E-state index in [4.69, 9.17) is 0 Å². The summed E-state index contributed by atoms with van der Waals surface area (Å²) in [5.41, 5.74) is 1.71. The maximum Gasteiger partial charge on any atom is 0.0771 e. The molecule has 100 valence electrons. The second-order valence-electron chi connectivity index (χ2n) is 5.84. The largest absolute Gasteiger partial charge is 0.389 e. The third-order valence-corrected chi connectivity index (χ3v) is 3.94. The Kier molecular flexibility index (Phi) is 4.36. The summed E-state index contributed by atoms with van der Waals surface area (Å²) in [6, 6.07) is 4.11. The minimum atomic E-state index is -0.503. The van der Waals surface area contributed by atoms with Gasteiger partial charge in [0.2, 0.25) is 0 Å². The molecule has 0 atom stereocenters. The van der Waals surface area contributed by atoms with Crippen molar-refractivity contribution in [1.82, 2.24) is 10.3 Å². The molecule has 2 rings (SSSR count). The van der Waals surface area contributed by atoms with Crippen LogP contribution < -0.4 is 5.32 Å². The molecule has 0 amide bonds. The lowest BCUT2D eigenvalue weighted by Gasteiger charge is -2.35. The van der Waals surface area contributed by atoms with Crippen LogP contribution in [0.4, 0.5) is 0 Å². The van der Waals surface area contributed by atoms with Gasteiger partial charge in [0.25, 0.3) is 0 Å². The van der Waals surface area contributed by atoms with Crippen molar-refractivity contribution < 1.29 is 5.11 Å². The number of aliphatic hydroxyl groups is 1. The second-order valence-corrected chi connectivity index (χ2v) is 5.84. The summed E-state index contributed by atoms with van der Waals surface area (Å²) >= 11 is 0. The van der Waals surface area contributed by atoms with E-state index in [9.17, 15) is 5.11 Å². The Morgan fingerprint density at radius 2 is 2.11 bits per heavy atom. The quantitative estimate of drug-likeness (QED) is 0.860. The Balaban J connectivity index is 1.76. The molecule has 0 bridgehead atoms. The highest BCUT2D eigenvalue weighted by Gasteiger charge is 2.31. The first kappa shape index (κ1) is 13.5. The molecular formula is C15H24N2O. The standard InChI is InChI=1S/C15H24N2O/c1-12-5-7-15(18,8-6-12)11-16-10-14-4-3-13(2)9-17-14/h3-4,9,12,16,18H,5-8,10-11H2,1-2H3. The lowest BCUT2D eigenvalue weighted by atomic mass is 9.79. The van der Waals surface area contributed by atoms with Gasteiger partial charge in [-0.1, -0.05) is 13.0 Å². The van der Waals surface area contributed by atoms with Gasteiger partial charge in [0.05, 0.1) is 11.3 Å². The SMILES string of the molecule is Cc1ccc(CNCC2(O)CCC(C)CC2)nc1. The molecule has 3 nitrogen and oxygen atoms in total. The molecule has 0 aliphatic heterocycles. The Morgan fingerprint density at radius 1 is 1.39 bits per heavy atom. The van der Waals surface area contributed by atoms with Crippen LogP contribution in [0.5, 0.6) is 0 Å². The average molecular weight is 248 g/mol. The maximum atomic E-state index is 10.4. The summed E-state index contributed by atoms with van der Waals surface area (Å²) in [6.07, 6.45) is 6.00. The lowest BCUT2D eigenvalue weighted by molar-refractivity contribution is -0.00635. The van der Waals surface area contributed by atoms with Gasteiger partial charge in [0.1, 0.15) is 0 Å². The van der Waals surface area contributed by atoms with Crippen LogP contribution in [0.1, 0.15) is 43.9 Å². The van der Waals surface area contributed by atoms with Gasteiger partial charge < -0.3 is 10.4 Å². The molecule has 1 fully saturated rings. The van der Waals surface area contributed by atoms with Crippen LogP contribution >= 0.6 is 0 Å². The molecule has 3 heteroatoms. The van der Waals surface area contributed by atoms with Crippen LogP contribution in [0.15, 0.2) is 18.3 Å². The van der Waals surface area contributed by atoms with Gasteiger partial charge >= 0.3 is 0 Å². The fourth-order valence-electron chi connectivity index (χ4n) is 2.50. The van der Waals surface area contributed by atoms with Gasteiger partial charge in [-0.15, -0.1) is 0 Å². The van der Waals surface area contributed by atoms with E-state index in [-0.39, 0.29) is 0 Å². The molecule has 1 heterocycles. The van der Waals surface area contributed by atoms with E-state index in [1.54, 1.807) is 0 Å². The molecule has 0 radical (unpaired) electrons. The van der Waals surface area contributed by atoms with Gasteiger partial charge in [-0.2, -0.15) is 0 Å². The number of aryl methyl sites for hydroxylation is 1. The molecule has 0 saturated heterocycles. The van der Waals surface area contributed by atoms with Crippen LogP contribution in [-0.4, -0.2) is 22.2 Å². The highest BCUT2D eigenvalue weighted by atomic mass is 16.3. The van der Waals surface area contributed by atoms with Crippen molar-refractivity contribution in [2.24, 2.45) is 5.92 Å². The van der Waals surface area contributed by atoms with E-state index in [1.807, 2.05) is 19.2 Å². The highest BCUT2D eigenvalue weighted by molar-refractivity contribution is 5.12. The molecule has 0 spiro atoms. The number of pyridine rings is 1.